The summed E-state index contributed by atoms with van der Waals surface area (Å²) in [5.74, 6) is 0.289. The number of nitrogens with two attached hydrogens (primary N) is 1. The molecule has 29 heavy (non-hydrogen) atoms. The molecule has 9 nitrogen and oxygen atoms in total. The number of hydrogen-bond donors (Lipinski definition) is 1. The van der Waals surface area contributed by atoms with Gasteiger partial charge in [0.2, 0.25) is 5.82 Å². The third-order valence-corrected chi connectivity index (χ3v) is 4.54. The molecular formula is C19H18ClN7O2. The summed E-state index contributed by atoms with van der Waals surface area (Å²) in [6, 6.07) is 7.14. The van der Waals surface area contributed by atoms with E-state index in [1.165, 1.54) is 10.9 Å². The maximum Gasteiger partial charge on any atom is 0.343 e. The molecule has 10 heteroatoms. The molecule has 0 aliphatic rings. The van der Waals surface area contributed by atoms with Crippen LogP contribution >= 0.6 is 11.6 Å². The van der Waals surface area contributed by atoms with Crippen molar-refractivity contribution in [1.82, 2.24) is 29.5 Å². The Morgan fingerprint density at radius 1 is 1.14 bits per heavy atom. The van der Waals surface area contributed by atoms with Crippen molar-refractivity contribution in [2.75, 3.05) is 12.3 Å². The van der Waals surface area contributed by atoms with Crippen molar-refractivity contribution in [3.05, 3.63) is 52.4 Å². The number of nitrogen functional groups attached to an aromatic ring is 1. The van der Waals surface area contributed by atoms with Gasteiger partial charge in [0.25, 0.3) is 0 Å². The first-order valence-corrected chi connectivity index (χ1v) is 9.28. The fraction of sp³-hybridized carbons (Fsp3) is 0.211. The molecule has 0 aliphatic carbocycles. The van der Waals surface area contributed by atoms with Crippen molar-refractivity contribution in [2.24, 2.45) is 0 Å². The number of hydrogen-bond acceptors (Lipinski definition) is 7. The third-order valence-electron chi connectivity index (χ3n) is 4.30. The summed E-state index contributed by atoms with van der Waals surface area (Å²) >= 11 is 6.12. The van der Waals surface area contributed by atoms with Gasteiger partial charge in [0, 0.05) is 10.7 Å². The average molecular weight is 412 g/mol. The van der Waals surface area contributed by atoms with E-state index in [0.717, 1.165) is 11.4 Å². The van der Waals surface area contributed by atoms with Gasteiger partial charge in [0.15, 0.2) is 5.82 Å². The molecular weight excluding hydrogens is 394 g/mol. The Balaban J connectivity index is 1.99. The fourth-order valence-electron chi connectivity index (χ4n) is 3.03. The zero-order chi connectivity index (χ0) is 20.7. The van der Waals surface area contributed by atoms with E-state index in [2.05, 4.69) is 15.2 Å². The predicted octanol–water partition coefficient (Wildman–Crippen LogP) is 3.03. The first-order chi connectivity index (χ1) is 13.9. The number of fused-ring (bicyclic) bond motifs is 1. The lowest BCUT2D eigenvalue weighted by molar-refractivity contribution is 0.0527. The molecule has 3 aromatic heterocycles. The zero-order valence-electron chi connectivity index (χ0n) is 16.0. The molecule has 2 N–H and O–H groups in total. The maximum atomic E-state index is 12.2. The number of aryl methyl sites for hydroxylation is 2. The minimum atomic E-state index is -0.555. The van der Waals surface area contributed by atoms with E-state index in [9.17, 15) is 4.79 Å². The molecule has 4 aromatic rings. The van der Waals surface area contributed by atoms with Crippen molar-refractivity contribution in [2.45, 2.75) is 20.8 Å². The number of carbonyl (C=O) groups excluding carboxylic acids is 1. The molecule has 0 saturated heterocycles. The summed E-state index contributed by atoms with van der Waals surface area (Å²) in [7, 11) is 0. The Labute approximate surface area is 171 Å². The number of anilines is 1. The highest BCUT2D eigenvalue weighted by molar-refractivity contribution is 6.31. The van der Waals surface area contributed by atoms with Crippen LogP contribution in [0.3, 0.4) is 0 Å². The summed E-state index contributed by atoms with van der Waals surface area (Å²) in [6.45, 7) is 5.75. The van der Waals surface area contributed by atoms with Crippen molar-refractivity contribution in [1.29, 1.82) is 0 Å². The largest absolute Gasteiger partial charge is 0.462 e. The number of esters is 1. The average Bonchev–Trinajstić information content (AvgIpc) is 3.22. The molecule has 0 radical (unpaired) electrons. The summed E-state index contributed by atoms with van der Waals surface area (Å²) in [6.07, 6.45) is 1.35. The van der Waals surface area contributed by atoms with Crippen LogP contribution in [0.2, 0.25) is 5.02 Å². The van der Waals surface area contributed by atoms with E-state index in [4.69, 9.17) is 27.1 Å². The predicted molar refractivity (Wildman–Crippen MR) is 109 cm³/mol. The minimum Gasteiger partial charge on any atom is -0.462 e. The fourth-order valence-corrected chi connectivity index (χ4v) is 3.20. The molecule has 0 bridgehead atoms. The van der Waals surface area contributed by atoms with Gasteiger partial charge < -0.3 is 10.5 Å². The van der Waals surface area contributed by atoms with Crippen LogP contribution in [0, 0.1) is 13.8 Å². The number of carbonyl (C=O) groups is 1. The second kappa shape index (κ2) is 7.17. The van der Waals surface area contributed by atoms with Crippen LogP contribution < -0.4 is 5.73 Å². The van der Waals surface area contributed by atoms with Gasteiger partial charge >= 0.3 is 5.97 Å². The highest BCUT2D eigenvalue weighted by Crippen LogP contribution is 2.26. The number of halogens is 1. The Kier molecular flexibility index (Phi) is 4.67. The summed E-state index contributed by atoms with van der Waals surface area (Å²) in [4.78, 5) is 21.5. The minimum absolute atomic E-state index is 0.0990. The van der Waals surface area contributed by atoms with Crippen molar-refractivity contribution in [3.8, 4) is 11.6 Å². The quantitative estimate of drug-likeness (QED) is 0.513. The second-order valence-electron chi connectivity index (χ2n) is 6.42. The Morgan fingerprint density at radius 2 is 1.86 bits per heavy atom. The van der Waals surface area contributed by atoms with Crippen LogP contribution in [-0.2, 0) is 4.74 Å². The smallest absolute Gasteiger partial charge is 0.343 e. The highest BCUT2D eigenvalue weighted by Gasteiger charge is 2.22. The molecule has 1 aromatic carbocycles. The molecule has 0 saturated carbocycles. The van der Waals surface area contributed by atoms with Gasteiger partial charge in [-0.2, -0.15) is 14.9 Å². The first-order valence-electron chi connectivity index (χ1n) is 8.91. The number of aromatic nitrogens is 6. The molecule has 0 spiro atoms. The van der Waals surface area contributed by atoms with Crippen molar-refractivity contribution < 1.29 is 9.53 Å². The monoisotopic (exact) mass is 411 g/mol. The van der Waals surface area contributed by atoms with E-state index in [0.29, 0.717) is 27.7 Å². The van der Waals surface area contributed by atoms with Crippen molar-refractivity contribution >= 4 is 34.4 Å². The summed E-state index contributed by atoms with van der Waals surface area (Å²) in [5.41, 5.74) is 9.25. The zero-order valence-corrected chi connectivity index (χ0v) is 16.8. The summed E-state index contributed by atoms with van der Waals surface area (Å²) in [5, 5.41) is 9.29. The van der Waals surface area contributed by atoms with Gasteiger partial charge in [-0.1, -0.05) is 11.6 Å². The molecule has 3 heterocycles. The van der Waals surface area contributed by atoms with Gasteiger partial charge in [-0.05, 0) is 45.0 Å². The standard InChI is InChI=1S/C19H18ClN7O2/c1-4-29-19(28)13-9-22-27(16(13)21)18-17(26-11(3)7-10(2)25-26)23-14-6-5-12(20)8-15(14)24-18/h5-9H,4,21H2,1-3H3. The van der Waals surface area contributed by atoms with Crippen LogP contribution in [0.5, 0.6) is 0 Å². The molecule has 0 unspecified atom stereocenters. The number of rotatable bonds is 4. The van der Waals surface area contributed by atoms with Gasteiger partial charge in [-0.3, -0.25) is 0 Å². The van der Waals surface area contributed by atoms with Gasteiger partial charge in [-0.25, -0.2) is 19.4 Å². The normalized spacial score (nSPS) is 11.2. The molecule has 148 valence electrons. The maximum absolute atomic E-state index is 12.2. The number of nitrogens with zero attached hydrogens (tertiary/aromatic N) is 6. The highest BCUT2D eigenvalue weighted by atomic mass is 35.5. The van der Waals surface area contributed by atoms with Crippen LogP contribution in [0.15, 0.2) is 30.5 Å². The lowest BCUT2D eigenvalue weighted by Crippen LogP contribution is -2.14. The van der Waals surface area contributed by atoms with Gasteiger partial charge in [-0.15, -0.1) is 0 Å². The van der Waals surface area contributed by atoms with Crippen molar-refractivity contribution in [3.63, 3.8) is 0 Å². The number of benzene rings is 1. The van der Waals surface area contributed by atoms with E-state index in [-0.39, 0.29) is 18.0 Å². The van der Waals surface area contributed by atoms with E-state index >= 15 is 0 Å². The van der Waals surface area contributed by atoms with Crippen LogP contribution in [0.25, 0.3) is 22.7 Å². The van der Waals surface area contributed by atoms with Crippen LogP contribution in [0.1, 0.15) is 28.7 Å². The lowest BCUT2D eigenvalue weighted by Gasteiger charge is -2.12. The molecule has 0 aliphatic heterocycles. The van der Waals surface area contributed by atoms with E-state index in [1.807, 2.05) is 19.9 Å². The molecule has 4 rings (SSSR count). The topological polar surface area (TPSA) is 114 Å². The molecule has 0 amide bonds. The van der Waals surface area contributed by atoms with Gasteiger partial charge in [0.05, 0.1) is 29.5 Å². The molecule has 0 fully saturated rings. The third kappa shape index (κ3) is 3.29. The van der Waals surface area contributed by atoms with Gasteiger partial charge in [0.1, 0.15) is 11.4 Å². The Bertz CT molecular complexity index is 1250. The SMILES string of the molecule is CCOC(=O)c1cnn(-c2nc3cc(Cl)ccc3nc2-n2nc(C)cc2C)c1N. The number of ether oxygens (including phenoxy) is 1. The van der Waals surface area contributed by atoms with E-state index < -0.39 is 5.97 Å². The lowest BCUT2D eigenvalue weighted by atomic mass is 10.3. The summed E-state index contributed by atoms with van der Waals surface area (Å²) < 4.78 is 8.05. The first kappa shape index (κ1) is 18.9. The van der Waals surface area contributed by atoms with E-state index in [1.54, 1.807) is 29.8 Å². The Hall–Kier alpha value is -3.46. The Morgan fingerprint density at radius 3 is 2.55 bits per heavy atom. The second-order valence-corrected chi connectivity index (χ2v) is 6.85. The van der Waals surface area contributed by atoms with Crippen LogP contribution in [-0.4, -0.2) is 42.1 Å². The van der Waals surface area contributed by atoms with Crippen LogP contribution in [0.4, 0.5) is 5.82 Å². The molecule has 0 atom stereocenters.